The Morgan fingerprint density at radius 2 is 1.79 bits per heavy atom. The lowest BCUT2D eigenvalue weighted by Crippen LogP contribution is -2.43. The van der Waals surface area contributed by atoms with Crippen molar-refractivity contribution in [2.45, 2.75) is 19.9 Å². The molecule has 0 aromatic heterocycles. The van der Waals surface area contributed by atoms with Crippen LogP contribution in [0.2, 0.25) is 0 Å². The Morgan fingerprint density at radius 3 is 2.38 bits per heavy atom. The van der Waals surface area contributed by atoms with E-state index in [1.165, 1.54) is 0 Å². The van der Waals surface area contributed by atoms with Crippen molar-refractivity contribution in [2.75, 3.05) is 19.7 Å². The van der Waals surface area contributed by atoms with Gasteiger partial charge in [-0.05, 0) is 26.0 Å². The van der Waals surface area contributed by atoms with Crippen LogP contribution >= 0.6 is 0 Å². The molecule has 0 spiro atoms. The number of rotatable bonds is 7. The molecule has 1 aromatic rings. The fraction of sp³-hybridized carbons (Fsp3) is 0.375. The molecule has 1 N–H and O–H groups in total. The lowest BCUT2D eigenvalue weighted by atomic mass is 10.3. The summed E-state index contributed by atoms with van der Waals surface area (Å²) in [6, 6.07) is 7.88. The summed E-state index contributed by atoms with van der Waals surface area (Å²) < 4.78 is 5.41. The van der Waals surface area contributed by atoms with Gasteiger partial charge in [-0.15, -0.1) is 0 Å². The highest BCUT2D eigenvalue weighted by molar-refractivity contribution is 6.45. The third-order valence-corrected chi connectivity index (χ3v) is 3.34. The normalized spacial score (nSPS) is 14.5. The van der Waals surface area contributed by atoms with Gasteiger partial charge in [0, 0.05) is 6.04 Å². The van der Waals surface area contributed by atoms with E-state index in [0.717, 1.165) is 4.90 Å². The third kappa shape index (κ3) is 3.89. The minimum absolute atomic E-state index is 0.214. The second kappa shape index (κ2) is 7.58. The number of nitrogens with zero attached hydrogens (tertiary/aromatic N) is 2. The summed E-state index contributed by atoms with van der Waals surface area (Å²) in [5.41, 5.74) is 0. The van der Waals surface area contributed by atoms with Crippen LogP contribution in [0.4, 0.5) is 4.79 Å². The van der Waals surface area contributed by atoms with E-state index in [9.17, 15) is 19.2 Å². The molecule has 1 heterocycles. The predicted molar refractivity (Wildman–Crippen MR) is 84.0 cm³/mol. The van der Waals surface area contributed by atoms with E-state index in [1.54, 1.807) is 26.0 Å². The minimum atomic E-state index is -0.982. The quantitative estimate of drug-likeness (QED) is 0.442. The van der Waals surface area contributed by atoms with Crippen LogP contribution in [-0.2, 0) is 14.4 Å². The third-order valence-electron chi connectivity index (χ3n) is 3.34. The Bertz CT molecular complexity index is 644. The van der Waals surface area contributed by atoms with Gasteiger partial charge in [-0.3, -0.25) is 19.3 Å². The Balaban J connectivity index is 1.79. The lowest BCUT2D eigenvalue weighted by Gasteiger charge is -2.18. The Hall–Kier alpha value is -2.90. The molecule has 0 aliphatic carbocycles. The van der Waals surface area contributed by atoms with Gasteiger partial charge in [-0.2, -0.15) is 0 Å². The number of nitrogens with one attached hydrogen (secondary N) is 1. The maximum atomic E-state index is 12.0. The number of para-hydroxylation sites is 1. The van der Waals surface area contributed by atoms with Crippen molar-refractivity contribution in [1.82, 2.24) is 15.1 Å². The number of imide groups is 2. The molecule has 128 valence electrons. The van der Waals surface area contributed by atoms with Crippen LogP contribution in [0, 0.1) is 0 Å². The van der Waals surface area contributed by atoms with Gasteiger partial charge in [0.1, 0.15) is 18.9 Å². The molecule has 1 aliphatic rings. The van der Waals surface area contributed by atoms with Gasteiger partial charge in [-0.1, -0.05) is 18.2 Å². The van der Waals surface area contributed by atoms with Gasteiger partial charge in [0.15, 0.2) is 0 Å². The van der Waals surface area contributed by atoms with Crippen molar-refractivity contribution in [3.63, 3.8) is 0 Å². The van der Waals surface area contributed by atoms with Crippen molar-refractivity contribution in [2.24, 2.45) is 0 Å². The van der Waals surface area contributed by atoms with Gasteiger partial charge < -0.3 is 10.1 Å². The maximum absolute atomic E-state index is 12.0. The smallest absolute Gasteiger partial charge is 0.334 e. The largest absolute Gasteiger partial charge is 0.492 e. The van der Waals surface area contributed by atoms with Crippen LogP contribution in [0.3, 0.4) is 0 Å². The molecule has 0 atom stereocenters. The van der Waals surface area contributed by atoms with Crippen molar-refractivity contribution in [1.29, 1.82) is 0 Å². The van der Waals surface area contributed by atoms with Gasteiger partial charge >= 0.3 is 17.8 Å². The van der Waals surface area contributed by atoms with E-state index in [4.69, 9.17) is 4.74 Å². The zero-order chi connectivity index (χ0) is 17.7. The number of urea groups is 1. The molecule has 2 rings (SSSR count). The number of hydrogen-bond donors (Lipinski definition) is 1. The second-order valence-electron chi connectivity index (χ2n) is 5.45. The monoisotopic (exact) mass is 333 g/mol. The van der Waals surface area contributed by atoms with Crippen LogP contribution in [-0.4, -0.2) is 59.3 Å². The van der Waals surface area contributed by atoms with E-state index in [1.807, 2.05) is 18.2 Å². The van der Waals surface area contributed by atoms with E-state index in [-0.39, 0.29) is 13.2 Å². The molecule has 0 saturated carbocycles. The summed E-state index contributed by atoms with van der Waals surface area (Å²) >= 11 is 0. The highest BCUT2D eigenvalue weighted by atomic mass is 16.5. The van der Waals surface area contributed by atoms with Crippen molar-refractivity contribution < 1.29 is 23.9 Å². The topological polar surface area (TPSA) is 96.0 Å². The maximum Gasteiger partial charge on any atom is 0.334 e. The first-order valence-electron chi connectivity index (χ1n) is 7.55. The Kier molecular flexibility index (Phi) is 5.51. The summed E-state index contributed by atoms with van der Waals surface area (Å²) in [5.74, 6) is -1.75. The first-order chi connectivity index (χ1) is 11.4. The summed E-state index contributed by atoms with van der Waals surface area (Å²) in [6.45, 7) is 3.21. The standard InChI is InChI=1S/C16H19N3O5/c1-11(2)19-15(22)14(21)18(16(19)23)10-13(20)17-8-9-24-12-6-4-3-5-7-12/h3-7,11H,8-10H2,1-2H3,(H,17,20). The molecule has 8 heteroatoms. The molecule has 5 amide bonds. The van der Waals surface area contributed by atoms with E-state index < -0.39 is 36.3 Å². The molecule has 24 heavy (non-hydrogen) atoms. The average Bonchev–Trinajstić information content (AvgIpc) is 2.76. The van der Waals surface area contributed by atoms with E-state index in [0.29, 0.717) is 10.6 Å². The van der Waals surface area contributed by atoms with Crippen molar-refractivity contribution >= 4 is 23.8 Å². The first-order valence-corrected chi connectivity index (χ1v) is 7.55. The number of amides is 5. The molecule has 1 fully saturated rings. The van der Waals surface area contributed by atoms with Crippen LogP contribution in [0.15, 0.2) is 30.3 Å². The number of carbonyl (C=O) groups excluding carboxylic acids is 4. The van der Waals surface area contributed by atoms with E-state index >= 15 is 0 Å². The number of benzene rings is 1. The van der Waals surface area contributed by atoms with Gasteiger partial charge in [0.25, 0.3) is 0 Å². The summed E-state index contributed by atoms with van der Waals surface area (Å²) in [6.07, 6.45) is 0. The summed E-state index contributed by atoms with van der Waals surface area (Å²) in [7, 11) is 0. The fourth-order valence-corrected chi connectivity index (χ4v) is 2.19. The molecule has 1 aromatic carbocycles. The SMILES string of the molecule is CC(C)N1C(=O)C(=O)N(CC(=O)NCCOc2ccccc2)C1=O. The van der Waals surface area contributed by atoms with Crippen molar-refractivity contribution in [3.8, 4) is 5.75 Å². The average molecular weight is 333 g/mol. The van der Waals surface area contributed by atoms with Crippen molar-refractivity contribution in [3.05, 3.63) is 30.3 Å². The number of carbonyl (C=O) groups is 4. The molecule has 8 nitrogen and oxygen atoms in total. The number of ether oxygens (including phenoxy) is 1. The van der Waals surface area contributed by atoms with Crippen LogP contribution in [0.1, 0.15) is 13.8 Å². The zero-order valence-corrected chi connectivity index (χ0v) is 13.5. The van der Waals surface area contributed by atoms with Crippen LogP contribution < -0.4 is 10.1 Å². The molecule has 1 aliphatic heterocycles. The molecular weight excluding hydrogens is 314 g/mol. The van der Waals surface area contributed by atoms with Gasteiger partial charge in [0.05, 0.1) is 6.54 Å². The fourth-order valence-electron chi connectivity index (χ4n) is 2.19. The Morgan fingerprint density at radius 1 is 1.12 bits per heavy atom. The molecule has 0 bridgehead atoms. The zero-order valence-electron chi connectivity index (χ0n) is 13.5. The molecule has 0 radical (unpaired) electrons. The molecule has 0 unspecified atom stereocenters. The highest BCUT2D eigenvalue weighted by Crippen LogP contribution is 2.14. The highest BCUT2D eigenvalue weighted by Gasteiger charge is 2.46. The minimum Gasteiger partial charge on any atom is -0.492 e. The summed E-state index contributed by atoms with van der Waals surface area (Å²) in [5, 5.41) is 2.54. The molecular formula is C16H19N3O5. The second-order valence-corrected chi connectivity index (χ2v) is 5.45. The Labute approximate surface area is 139 Å². The van der Waals surface area contributed by atoms with Gasteiger partial charge in [-0.25, -0.2) is 9.69 Å². The first kappa shape index (κ1) is 17.5. The lowest BCUT2D eigenvalue weighted by molar-refractivity contribution is -0.144. The van der Waals surface area contributed by atoms with E-state index in [2.05, 4.69) is 5.32 Å². The van der Waals surface area contributed by atoms with Gasteiger partial charge in [0.2, 0.25) is 5.91 Å². The number of hydrogen-bond acceptors (Lipinski definition) is 5. The van der Waals surface area contributed by atoms with Crippen LogP contribution in [0.25, 0.3) is 0 Å². The predicted octanol–water partition coefficient (Wildman–Crippen LogP) is 0.381. The summed E-state index contributed by atoms with van der Waals surface area (Å²) in [4.78, 5) is 48.9. The molecule has 1 saturated heterocycles. The van der Waals surface area contributed by atoms with Crippen LogP contribution in [0.5, 0.6) is 5.75 Å².